The SMILES string of the molecule is Cc1oc2cc(OCC(=O)NC[C@H](O)CO)ccc2c(=O)c1Oc1ccccc1. The Hall–Kier alpha value is -3.36. The summed E-state index contributed by atoms with van der Waals surface area (Å²) in [6.45, 7) is 0.823. The molecule has 2 aromatic carbocycles. The van der Waals surface area contributed by atoms with Gasteiger partial charge in [-0.25, -0.2) is 0 Å². The van der Waals surface area contributed by atoms with Crippen molar-refractivity contribution in [1.29, 1.82) is 0 Å². The van der Waals surface area contributed by atoms with Gasteiger partial charge in [0.15, 0.2) is 6.61 Å². The van der Waals surface area contributed by atoms with E-state index < -0.39 is 18.6 Å². The number of carbonyl (C=O) groups is 1. The zero-order valence-corrected chi connectivity index (χ0v) is 15.8. The molecule has 0 aliphatic rings. The standard InChI is InChI=1S/C21H21NO7/c1-13-21(29-15-5-3-2-4-6-15)20(26)17-8-7-16(9-18(17)28-13)27-12-19(25)22-10-14(24)11-23/h2-9,14,23-24H,10-12H2,1H3,(H,22,25)/t14-/m0/s1. The molecule has 0 aliphatic heterocycles. The Morgan fingerprint density at radius 2 is 1.93 bits per heavy atom. The first-order chi connectivity index (χ1) is 14.0. The second-order valence-electron chi connectivity index (χ2n) is 6.32. The van der Waals surface area contributed by atoms with E-state index in [1.807, 2.05) is 6.07 Å². The maximum absolute atomic E-state index is 12.8. The van der Waals surface area contributed by atoms with Crippen LogP contribution >= 0.6 is 0 Å². The normalized spacial score (nSPS) is 11.8. The Balaban J connectivity index is 1.74. The Morgan fingerprint density at radius 3 is 2.66 bits per heavy atom. The first-order valence-electron chi connectivity index (χ1n) is 8.96. The van der Waals surface area contributed by atoms with Crippen molar-refractivity contribution in [2.75, 3.05) is 19.8 Å². The highest BCUT2D eigenvalue weighted by molar-refractivity contribution is 5.80. The molecule has 0 spiro atoms. The van der Waals surface area contributed by atoms with E-state index in [1.54, 1.807) is 43.3 Å². The zero-order valence-electron chi connectivity index (χ0n) is 15.8. The van der Waals surface area contributed by atoms with Crippen LogP contribution in [0, 0.1) is 6.92 Å². The zero-order chi connectivity index (χ0) is 20.8. The number of amides is 1. The van der Waals surface area contributed by atoms with Crippen LogP contribution in [0.5, 0.6) is 17.2 Å². The minimum Gasteiger partial charge on any atom is -0.484 e. The molecule has 1 atom stereocenters. The molecular formula is C21H21NO7. The first kappa shape index (κ1) is 20.4. The van der Waals surface area contributed by atoms with Crippen molar-refractivity contribution >= 4 is 16.9 Å². The van der Waals surface area contributed by atoms with Gasteiger partial charge < -0.3 is 29.4 Å². The number of para-hydroxylation sites is 1. The molecular weight excluding hydrogens is 378 g/mol. The number of benzene rings is 2. The summed E-state index contributed by atoms with van der Waals surface area (Å²) in [6.07, 6.45) is -1.02. The fraction of sp³-hybridized carbons (Fsp3) is 0.238. The van der Waals surface area contributed by atoms with Gasteiger partial charge in [0.05, 0.1) is 18.1 Å². The summed E-state index contributed by atoms with van der Waals surface area (Å²) in [7, 11) is 0. The molecule has 0 radical (unpaired) electrons. The molecule has 0 bridgehead atoms. The Morgan fingerprint density at radius 1 is 1.17 bits per heavy atom. The van der Waals surface area contributed by atoms with E-state index in [1.165, 1.54) is 6.07 Å². The summed E-state index contributed by atoms with van der Waals surface area (Å²) in [5.74, 6) is 0.842. The van der Waals surface area contributed by atoms with E-state index in [9.17, 15) is 14.7 Å². The van der Waals surface area contributed by atoms with Crippen molar-refractivity contribution in [3.63, 3.8) is 0 Å². The van der Waals surface area contributed by atoms with Gasteiger partial charge in [0.25, 0.3) is 5.91 Å². The highest BCUT2D eigenvalue weighted by Crippen LogP contribution is 2.27. The van der Waals surface area contributed by atoms with Gasteiger partial charge in [-0.05, 0) is 31.2 Å². The minimum atomic E-state index is -1.02. The number of carbonyl (C=O) groups excluding carboxylic acids is 1. The number of nitrogens with one attached hydrogen (secondary N) is 1. The van der Waals surface area contributed by atoms with E-state index in [0.29, 0.717) is 28.2 Å². The maximum atomic E-state index is 12.8. The second kappa shape index (κ2) is 9.22. The van der Waals surface area contributed by atoms with E-state index >= 15 is 0 Å². The van der Waals surface area contributed by atoms with E-state index in [4.69, 9.17) is 19.0 Å². The molecule has 0 unspecified atom stereocenters. The molecule has 1 amide bonds. The molecule has 29 heavy (non-hydrogen) atoms. The fourth-order valence-electron chi connectivity index (χ4n) is 2.58. The fourth-order valence-corrected chi connectivity index (χ4v) is 2.58. The average Bonchev–Trinajstić information content (AvgIpc) is 2.74. The second-order valence-corrected chi connectivity index (χ2v) is 6.32. The summed E-state index contributed by atoms with van der Waals surface area (Å²) in [5, 5.41) is 20.7. The highest BCUT2D eigenvalue weighted by Gasteiger charge is 2.15. The van der Waals surface area contributed by atoms with Crippen LogP contribution in [-0.2, 0) is 4.79 Å². The molecule has 0 saturated heterocycles. The molecule has 0 saturated carbocycles. The van der Waals surface area contributed by atoms with Gasteiger partial charge in [-0.1, -0.05) is 18.2 Å². The third-order valence-corrected chi connectivity index (χ3v) is 4.07. The summed E-state index contributed by atoms with van der Waals surface area (Å²) in [6, 6.07) is 13.5. The summed E-state index contributed by atoms with van der Waals surface area (Å²) in [4.78, 5) is 24.5. The van der Waals surface area contributed by atoms with Crippen LogP contribution in [0.25, 0.3) is 11.0 Å². The minimum absolute atomic E-state index is 0.0747. The molecule has 3 rings (SSSR count). The van der Waals surface area contributed by atoms with Gasteiger partial charge in [0, 0.05) is 12.6 Å². The average molecular weight is 399 g/mol. The molecule has 1 heterocycles. The summed E-state index contributed by atoms with van der Waals surface area (Å²) in [5.41, 5.74) is -0.00332. The third-order valence-electron chi connectivity index (χ3n) is 4.07. The van der Waals surface area contributed by atoms with E-state index in [-0.39, 0.29) is 24.3 Å². The van der Waals surface area contributed by atoms with Gasteiger partial charge in [0.2, 0.25) is 11.2 Å². The molecule has 3 N–H and O–H groups in total. The lowest BCUT2D eigenvalue weighted by Crippen LogP contribution is -2.36. The third kappa shape index (κ3) is 5.13. The highest BCUT2D eigenvalue weighted by atomic mass is 16.5. The van der Waals surface area contributed by atoms with Crippen molar-refractivity contribution in [3.05, 3.63) is 64.5 Å². The van der Waals surface area contributed by atoms with Crippen molar-refractivity contribution in [2.45, 2.75) is 13.0 Å². The Labute approximate surface area is 166 Å². The van der Waals surface area contributed by atoms with Crippen LogP contribution < -0.4 is 20.2 Å². The monoisotopic (exact) mass is 399 g/mol. The lowest BCUT2D eigenvalue weighted by molar-refractivity contribution is -0.123. The quantitative estimate of drug-likeness (QED) is 0.528. The topological polar surface area (TPSA) is 118 Å². The molecule has 0 fully saturated rings. The number of aryl methyl sites for hydroxylation is 1. The number of hydrogen-bond acceptors (Lipinski definition) is 7. The van der Waals surface area contributed by atoms with Crippen molar-refractivity contribution in [3.8, 4) is 17.2 Å². The molecule has 8 heteroatoms. The van der Waals surface area contributed by atoms with Crippen molar-refractivity contribution in [1.82, 2.24) is 5.32 Å². The number of fused-ring (bicyclic) bond motifs is 1. The summed E-state index contributed by atoms with van der Waals surface area (Å²) < 4.78 is 16.8. The van der Waals surface area contributed by atoms with Crippen LogP contribution in [0.2, 0.25) is 0 Å². The van der Waals surface area contributed by atoms with Crippen LogP contribution in [0.3, 0.4) is 0 Å². The lowest BCUT2D eigenvalue weighted by Gasteiger charge is -2.11. The van der Waals surface area contributed by atoms with Gasteiger partial charge in [-0.15, -0.1) is 0 Å². The van der Waals surface area contributed by atoms with E-state index in [0.717, 1.165) is 0 Å². The molecule has 152 valence electrons. The molecule has 1 aromatic heterocycles. The predicted octanol–water partition coefficient (Wildman–Crippen LogP) is 1.74. The Bertz CT molecular complexity index is 1050. The van der Waals surface area contributed by atoms with Gasteiger partial charge in [-0.3, -0.25) is 9.59 Å². The lowest BCUT2D eigenvalue weighted by atomic mass is 10.2. The van der Waals surface area contributed by atoms with Crippen LogP contribution in [-0.4, -0.2) is 42.0 Å². The number of rotatable bonds is 8. The molecule has 8 nitrogen and oxygen atoms in total. The molecule has 3 aromatic rings. The van der Waals surface area contributed by atoms with Crippen LogP contribution in [0.1, 0.15) is 5.76 Å². The smallest absolute Gasteiger partial charge is 0.258 e. The number of aliphatic hydroxyl groups excluding tert-OH is 2. The van der Waals surface area contributed by atoms with Crippen LogP contribution in [0.15, 0.2) is 57.7 Å². The van der Waals surface area contributed by atoms with Gasteiger partial charge in [0.1, 0.15) is 22.8 Å². The number of hydrogen-bond donors (Lipinski definition) is 3. The maximum Gasteiger partial charge on any atom is 0.258 e. The molecule has 0 aliphatic carbocycles. The van der Waals surface area contributed by atoms with Gasteiger partial charge >= 0.3 is 0 Å². The van der Waals surface area contributed by atoms with Crippen molar-refractivity contribution < 1.29 is 28.9 Å². The largest absolute Gasteiger partial charge is 0.484 e. The van der Waals surface area contributed by atoms with E-state index in [2.05, 4.69) is 5.32 Å². The number of aliphatic hydroxyl groups is 2. The Kier molecular flexibility index (Phi) is 6.48. The first-order valence-corrected chi connectivity index (χ1v) is 8.96. The van der Waals surface area contributed by atoms with Crippen LogP contribution in [0.4, 0.5) is 0 Å². The predicted molar refractivity (Wildman–Crippen MR) is 105 cm³/mol. The van der Waals surface area contributed by atoms with Crippen molar-refractivity contribution in [2.24, 2.45) is 0 Å². The summed E-state index contributed by atoms with van der Waals surface area (Å²) >= 11 is 0. The van der Waals surface area contributed by atoms with Gasteiger partial charge in [-0.2, -0.15) is 0 Å². The number of ether oxygens (including phenoxy) is 2.